The van der Waals surface area contributed by atoms with Crippen LogP contribution < -0.4 is 30.7 Å². The Hall–Kier alpha value is -4.36. The average Bonchev–Trinajstić information content (AvgIpc) is 2.99. The van der Waals surface area contributed by atoms with E-state index in [0.29, 0.717) is 70.5 Å². The molecule has 0 saturated heterocycles. The number of amides is 1. The second kappa shape index (κ2) is 17.6. The molecule has 13 nitrogen and oxygen atoms in total. The normalized spacial score (nSPS) is 11.0. The third kappa shape index (κ3) is 13.4. The third-order valence-corrected chi connectivity index (χ3v) is 5.62. The Balaban J connectivity index is 1.46. The molecular formula is C30H43N7O6. The SMILES string of the molecule is COc1cccc(CNc2nc(NCCOCCOCCNC(=O)OC(C)(C)C)nc(NCc3cccc(OC)c3)n2)c1. The van der Waals surface area contributed by atoms with Gasteiger partial charge in [-0.15, -0.1) is 0 Å². The van der Waals surface area contributed by atoms with Gasteiger partial charge in [-0.25, -0.2) is 4.79 Å². The molecule has 0 spiro atoms. The van der Waals surface area contributed by atoms with Crippen molar-refractivity contribution in [2.45, 2.75) is 39.5 Å². The van der Waals surface area contributed by atoms with E-state index in [0.717, 1.165) is 22.6 Å². The van der Waals surface area contributed by atoms with E-state index in [1.165, 1.54) is 0 Å². The van der Waals surface area contributed by atoms with Crippen molar-refractivity contribution in [3.8, 4) is 11.5 Å². The Morgan fingerprint density at radius 2 is 1.19 bits per heavy atom. The number of anilines is 3. The van der Waals surface area contributed by atoms with Gasteiger partial charge in [0.25, 0.3) is 0 Å². The van der Waals surface area contributed by atoms with Crippen LogP contribution in [-0.4, -0.2) is 80.4 Å². The number of nitrogens with one attached hydrogen (secondary N) is 4. The fourth-order valence-corrected chi connectivity index (χ4v) is 3.64. The van der Waals surface area contributed by atoms with Gasteiger partial charge in [0.15, 0.2) is 0 Å². The maximum Gasteiger partial charge on any atom is 0.407 e. The number of hydrogen-bond acceptors (Lipinski definition) is 12. The number of carbonyl (C=O) groups excluding carboxylic acids is 1. The topological polar surface area (TPSA) is 150 Å². The van der Waals surface area contributed by atoms with Gasteiger partial charge in [-0.2, -0.15) is 15.0 Å². The molecule has 1 aromatic heterocycles. The number of nitrogens with zero attached hydrogens (tertiary/aromatic N) is 3. The highest BCUT2D eigenvalue weighted by molar-refractivity contribution is 5.67. The standard InChI is InChI=1S/C30H43N7O6/c1-30(2,3)43-29(38)32-13-15-42-17-16-41-14-12-31-26-35-27(33-20-22-8-6-10-24(18-22)39-4)37-28(36-26)34-21-23-9-7-11-25(19-23)40-5/h6-11,18-19H,12-17,20-21H2,1-5H3,(H,32,38)(H3,31,33,34,35,36,37). The first kappa shape index (κ1) is 33.1. The minimum Gasteiger partial charge on any atom is -0.497 e. The Kier molecular flexibility index (Phi) is 13.5. The van der Waals surface area contributed by atoms with Crippen LogP contribution in [0.15, 0.2) is 48.5 Å². The zero-order valence-electron chi connectivity index (χ0n) is 25.6. The Labute approximate surface area is 253 Å². The average molecular weight is 598 g/mol. The molecule has 1 amide bonds. The first-order valence-corrected chi connectivity index (χ1v) is 14.1. The summed E-state index contributed by atoms with van der Waals surface area (Å²) < 4.78 is 26.9. The fraction of sp³-hybridized carbons (Fsp3) is 0.467. The lowest BCUT2D eigenvalue weighted by Gasteiger charge is -2.19. The first-order chi connectivity index (χ1) is 20.7. The highest BCUT2D eigenvalue weighted by Crippen LogP contribution is 2.17. The number of ether oxygens (including phenoxy) is 5. The molecule has 0 aliphatic heterocycles. The molecule has 4 N–H and O–H groups in total. The number of hydrogen-bond donors (Lipinski definition) is 4. The lowest BCUT2D eigenvalue weighted by Crippen LogP contribution is -2.34. The Bertz CT molecular complexity index is 1200. The quantitative estimate of drug-likeness (QED) is 0.156. The summed E-state index contributed by atoms with van der Waals surface area (Å²) in [5.74, 6) is 2.80. The highest BCUT2D eigenvalue weighted by atomic mass is 16.6. The minimum atomic E-state index is -0.530. The summed E-state index contributed by atoms with van der Waals surface area (Å²) in [5, 5.41) is 12.4. The third-order valence-electron chi connectivity index (χ3n) is 5.62. The van der Waals surface area contributed by atoms with Crippen LogP contribution in [0, 0.1) is 0 Å². The molecular weight excluding hydrogens is 554 g/mol. The lowest BCUT2D eigenvalue weighted by atomic mass is 10.2. The molecule has 43 heavy (non-hydrogen) atoms. The number of benzene rings is 2. The molecule has 2 aromatic carbocycles. The van der Waals surface area contributed by atoms with Crippen LogP contribution in [0.3, 0.4) is 0 Å². The summed E-state index contributed by atoms with van der Waals surface area (Å²) in [4.78, 5) is 25.2. The molecule has 0 aliphatic rings. The lowest BCUT2D eigenvalue weighted by molar-refractivity contribution is 0.0415. The summed E-state index contributed by atoms with van der Waals surface area (Å²) in [6, 6.07) is 15.6. The van der Waals surface area contributed by atoms with Gasteiger partial charge in [-0.05, 0) is 56.2 Å². The van der Waals surface area contributed by atoms with Crippen LogP contribution in [0.25, 0.3) is 0 Å². The van der Waals surface area contributed by atoms with Gasteiger partial charge in [0, 0.05) is 26.2 Å². The van der Waals surface area contributed by atoms with Gasteiger partial charge < -0.3 is 45.0 Å². The van der Waals surface area contributed by atoms with Crippen LogP contribution in [0.1, 0.15) is 31.9 Å². The molecule has 0 radical (unpaired) electrons. The number of rotatable bonds is 18. The molecule has 0 fully saturated rings. The van der Waals surface area contributed by atoms with Crippen LogP contribution in [0.2, 0.25) is 0 Å². The van der Waals surface area contributed by atoms with E-state index in [1.807, 2.05) is 69.3 Å². The summed E-state index contributed by atoms with van der Waals surface area (Å²) in [7, 11) is 3.28. The second-order valence-electron chi connectivity index (χ2n) is 10.3. The molecule has 0 bridgehead atoms. The van der Waals surface area contributed by atoms with Crippen LogP contribution >= 0.6 is 0 Å². The molecule has 13 heteroatoms. The Morgan fingerprint density at radius 3 is 1.67 bits per heavy atom. The van der Waals surface area contributed by atoms with Gasteiger partial charge in [0.2, 0.25) is 17.8 Å². The number of carbonyl (C=O) groups is 1. The molecule has 3 aromatic rings. The van der Waals surface area contributed by atoms with Crippen LogP contribution in [-0.2, 0) is 27.3 Å². The van der Waals surface area contributed by atoms with Crippen LogP contribution in [0.4, 0.5) is 22.6 Å². The van der Waals surface area contributed by atoms with Crippen LogP contribution in [0.5, 0.6) is 11.5 Å². The van der Waals surface area contributed by atoms with Crippen molar-refractivity contribution >= 4 is 23.9 Å². The van der Waals surface area contributed by atoms with Crippen molar-refractivity contribution in [3.63, 3.8) is 0 Å². The Morgan fingerprint density at radius 1 is 0.698 bits per heavy atom. The van der Waals surface area contributed by atoms with Gasteiger partial charge in [-0.1, -0.05) is 24.3 Å². The second-order valence-corrected chi connectivity index (χ2v) is 10.3. The van der Waals surface area contributed by atoms with Crippen molar-refractivity contribution in [1.29, 1.82) is 0 Å². The van der Waals surface area contributed by atoms with E-state index in [-0.39, 0.29) is 0 Å². The highest BCUT2D eigenvalue weighted by Gasteiger charge is 2.15. The largest absolute Gasteiger partial charge is 0.497 e. The predicted molar refractivity (Wildman–Crippen MR) is 165 cm³/mol. The molecule has 0 saturated carbocycles. The summed E-state index contributed by atoms with van der Waals surface area (Å²) in [5.41, 5.74) is 1.52. The first-order valence-electron chi connectivity index (χ1n) is 14.1. The smallest absolute Gasteiger partial charge is 0.407 e. The summed E-state index contributed by atoms with van der Waals surface area (Å²) in [6.07, 6.45) is -0.464. The maximum absolute atomic E-state index is 11.6. The minimum absolute atomic E-state index is 0.359. The summed E-state index contributed by atoms with van der Waals surface area (Å²) in [6.45, 7) is 8.89. The van der Waals surface area contributed by atoms with Crippen molar-refractivity contribution in [2.24, 2.45) is 0 Å². The number of methoxy groups -OCH3 is 2. The van der Waals surface area contributed by atoms with Gasteiger partial charge >= 0.3 is 6.09 Å². The monoisotopic (exact) mass is 597 g/mol. The molecule has 3 rings (SSSR count). The molecule has 0 unspecified atom stereocenters. The summed E-state index contributed by atoms with van der Waals surface area (Å²) >= 11 is 0. The van der Waals surface area contributed by atoms with Crippen molar-refractivity contribution in [3.05, 3.63) is 59.7 Å². The number of alkyl carbamates (subject to hydrolysis) is 1. The van der Waals surface area contributed by atoms with Gasteiger partial charge in [0.05, 0.1) is 40.6 Å². The molecule has 234 valence electrons. The van der Waals surface area contributed by atoms with Gasteiger partial charge in [-0.3, -0.25) is 0 Å². The van der Waals surface area contributed by atoms with E-state index in [9.17, 15) is 4.79 Å². The van der Waals surface area contributed by atoms with Crippen molar-refractivity contribution in [1.82, 2.24) is 20.3 Å². The zero-order valence-corrected chi connectivity index (χ0v) is 25.6. The van der Waals surface area contributed by atoms with Crippen molar-refractivity contribution < 1.29 is 28.5 Å². The molecule has 1 heterocycles. The van der Waals surface area contributed by atoms with E-state index < -0.39 is 11.7 Å². The van der Waals surface area contributed by atoms with E-state index >= 15 is 0 Å². The van der Waals surface area contributed by atoms with Gasteiger partial charge in [0.1, 0.15) is 17.1 Å². The molecule has 0 aliphatic carbocycles. The van der Waals surface area contributed by atoms with E-state index in [4.69, 9.17) is 23.7 Å². The van der Waals surface area contributed by atoms with E-state index in [1.54, 1.807) is 14.2 Å². The van der Waals surface area contributed by atoms with E-state index in [2.05, 4.69) is 36.2 Å². The number of aromatic nitrogens is 3. The maximum atomic E-state index is 11.6. The predicted octanol–water partition coefficient (Wildman–Crippen LogP) is 4.08. The van der Waals surface area contributed by atoms with Crippen molar-refractivity contribution in [2.75, 3.05) is 69.7 Å². The molecule has 0 atom stereocenters. The zero-order chi connectivity index (χ0) is 30.9. The fourth-order valence-electron chi connectivity index (χ4n) is 3.64.